The Hall–Kier alpha value is -3.15. The van der Waals surface area contributed by atoms with E-state index in [9.17, 15) is 0 Å². The summed E-state index contributed by atoms with van der Waals surface area (Å²) >= 11 is 0. The molecule has 0 fully saturated rings. The van der Waals surface area contributed by atoms with E-state index in [1.54, 1.807) is 12.4 Å². The highest BCUT2D eigenvalue weighted by Gasteiger charge is 2.03. The monoisotopic (exact) mass is 334 g/mol. The third kappa shape index (κ3) is 4.67. The van der Waals surface area contributed by atoms with Crippen molar-refractivity contribution in [1.82, 2.24) is 15.0 Å². The van der Waals surface area contributed by atoms with Gasteiger partial charge in [0.2, 0.25) is 0 Å². The molecule has 2 aromatic heterocycles. The lowest BCUT2D eigenvalue weighted by molar-refractivity contribution is 1.02. The summed E-state index contributed by atoms with van der Waals surface area (Å²) in [6.45, 7) is 2.58. The van der Waals surface area contributed by atoms with Crippen LogP contribution in [0.15, 0.2) is 54.9 Å². The van der Waals surface area contributed by atoms with Crippen LogP contribution in [-0.4, -0.2) is 29.0 Å². The molecule has 0 radical (unpaired) electrons. The standard InChI is InChI=1S/C19H22N6/c1-14-22-18(21-13-15-8-10-20-11-9-15)12-19(23-14)24-16-4-6-17(7-5-16)25(2)3/h4-12H,13H2,1-3H3,(H2,21,22,23,24). The SMILES string of the molecule is Cc1nc(NCc2ccncc2)cc(Nc2ccc(N(C)C)cc2)n1. The first-order valence-electron chi connectivity index (χ1n) is 8.13. The zero-order chi connectivity index (χ0) is 17.6. The van der Waals surface area contributed by atoms with Crippen molar-refractivity contribution < 1.29 is 0 Å². The van der Waals surface area contributed by atoms with Gasteiger partial charge in [0, 0.05) is 50.5 Å². The Balaban J connectivity index is 1.70. The Morgan fingerprint density at radius 2 is 1.60 bits per heavy atom. The Morgan fingerprint density at radius 1 is 0.920 bits per heavy atom. The minimum Gasteiger partial charge on any atom is -0.378 e. The molecule has 2 N–H and O–H groups in total. The maximum Gasteiger partial charge on any atom is 0.136 e. The Bertz CT molecular complexity index is 815. The Labute approximate surface area is 148 Å². The van der Waals surface area contributed by atoms with Crippen LogP contribution in [0.4, 0.5) is 23.0 Å². The van der Waals surface area contributed by atoms with Crippen LogP contribution in [0, 0.1) is 6.92 Å². The van der Waals surface area contributed by atoms with Gasteiger partial charge in [0.05, 0.1) is 0 Å². The third-order valence-corrected chi connectivity index (χ3v) is 3.72. The zero-order valence-corrected chi connectivity index (χ0v) is 14.7. The number of nitrogens with zero attached hydrogens (tertiary/aromatic N) is 4. The highest BCUT2D eigenvalue weighted by Crippen LogP contribution is 2.20. The quantitative estimate of drug-likeness (QED) is 0.718. The maximum atomic E-state index is 4.46. The average Bonchev–Trinajstić information content (AvgIpc) is 2.61. The summed E-state index contributed by atoms with van der Waals surface area (Å²) in [5, 5.41) is 6.66. The van der Waals surface area contributed by atoms with Gasteiger partial charge in [-0.1, -0.05) is 0 Å². The molecule has 0 saturated carbocycles. The molecule has 0 amide bonds. The van der Waals surface area contributed by atoms with E-state index in [-0.39, 0.29) is 0 Å². The van der Waals surface area contributed by atoms with Crippen molar-refractivity contribution in [3.05, 3.63) is 66.2 Å². The molecule has 0 aliphatic heterocycles. The number of nitrogens with one attached hydrogen (secondary N) is 2. The fourth-order valence-corrected chi connectivity index (χ4v) is 2.41. The molecule has 0 bridgehead atoms. The van der Waals surface area contributed by atoms with Gasteiger partial charge in [0.15, 0.2) is 0 Å². The van der Waals surface area contributed by atoms with Gasteiger partial charge in [0.25, 0.3) is 0 Å². The van der Waals surface area contributed by atoms with E-state index in [4.69, 9.17) is 0 Å². The van der Waals surface area contributed by atoms with E-state index in [1.165, 1.54) is 0 Å². The number of anilines is 4. The summed E-state index contributed by atoms with van der Waals surface area (Å²) in [6.07, 6.45) is 3.57. The molecule has 128 valence electrons. The van der Waals surface area contributed by atoms with Gasteiger partial charge in [-0.05, 0) is 48.9 Å². The van der Waals surface area contributed by atoms with E-state index in [2.05, 4.69) is 42.6 Å². The fourth-order valence-electron chi connectivity index (χ4n) is 2.41. The van der Waals surface area contributed by atoms with Gasteiger partial charge in [-0.2, -0.15) is 0 Å². The lowest BCUT2D eigenvalue weighted by Gasteiger charge is -2.14. The molecule has 6 heteroatoms. The second kappa shape index (κ2) is 7.61. The van der Waals surface area contributed by atoms with Crippen LogP contribution >= 0.6 is 0 Å². The first kappa shape index (κ1) is 16.7. The Kier molecular flexibility index (Phi) is 5.09. The first-order chi connectivity index (χ1) is 12.1. The van der Waals surface area contributed by atoms with Crippen molar-refractivity contribution >= 4 is 23.0 Å². The average molecular weight is 334 g/mol. The van der Waals surface area contributed by atoms with Crippen molar-refractivity contribution in [2.24, 2.45) is 0 Å². The van der Waals surface area contributed by atoms with Gasteiger partial charge in [0.1, 0.15) is 17.5 Å². The summed E-state index contributed by atoms with van der Waals surface area (Å²) in [4.78, 5) is 15.0. The molecule has 6 nitrogen and oxygen atoms in total. The van der Waals surface area contributed by atoms with Crippen LogP contribution in [0.5, 0.6) is 0 Å². The number of pyridine rings is 1. The molecule has 0 spiro atoms. The van der Waals surface area contributed by atoms with E-state index in [1.807, 2.05) is 51.4 Å². The van der Waals surface area contributed by atoms with Crippen molar-refractivity contribution in [1.29, 1.82) is 0 Å². The highest BCUT2D eigenvalue weighted by molar-refractivity contribution is 5.62. The van der Waals surface area contributed by atoms with E-state index in [0.29, 0.717) is 12.4 Å². The van der Waals surface area contributed by atoms with Gasteiger partial charge in [-0.25, -0.2) is 9.97 Å². The molecule has 1 aromatic carbocycles. The number of aromatic nitrogens is 3. The molecule has 0 aliphatic rings. The van der Waals surface area contributed by atoms with Gasteiger partial charge >= 0.3 is 0 Å². The molecular weight excluding hydrogens is 312 g/mol. The topological polar surface area (TPSA) is 66.0 Å². The second-order valence-corrected chi connectivity index (χ2v) is 5.96. The predicted octanol–water partition coefficient (Wildman–Crippen LogP) is 3.60. The molecule has 0 saturated heterocycles. The van der Waals surface area contributed by atoms with E-state index >= 15 is 0 Å². The number of hydrogen-bond donors (Lipinski definition) is 2. The minimum absolute atomic E-state index is 0.690. The smallest absolute Gasteiger partial charge is 0.136 e. The molecule has 3 rings (SSSR count). The van der Waals surface area contributed by atoms with Crippen LogP contribution < -0.4 is 15.5 Å². The third-order valence-electron chi connectivity index (χ3n) is 3.72. The molecule has 0 aliphatic carbocycles. The molecule has 25 heavy (non-hydrogen) atoms. The van der Waals surface area contributed by atoms with E-state index in [0.717, 1.165) is 28.6 Å². The van der Waals surface area contributed by atoms with Crippen molar-refractivity contribution in [3.63, 3.8) is 0 Å². The maximum absolute atomic E-state index is 4.46. The molecule has 0 atom stereocenters. The van der Waals surface area contributed by atoms with E-state index < -0.39 is 0 Å². The first-order valence-corrected chi connectivity index (χ1v) is 8.13. The van der Waals surface area contributed by atoms with Gasteiger partial charge in [-0.3, -0.25) is 4.98 Å². The zero-order valence-electron chi connectivity index (χ0n) is 14.7. The summed E-state index contributed by atoms with van der Waals surface area (Å²) in [5.74, 6) is 2.27. The number of aryl methyl sites for hydroxylation is 1. The van der Waals surface area contributed by atoms with Crippen molar-refractivity contribution in [2.75, 3.05) is 29.6 Å². The lowest BCUT2D eigenvalue weighted by Crippen LogP contribution is -2.08. The van der Waals surface area contributed by atoms with Crippen LogP contribution in [0.2, 0.25) is 0 Å². The van der Waals surface area contributed by atoms with Crippen LogP contribution in [0.3, 0.4) is 0 Å². The van der Waals surface area contributed by atoms with Crippen LogP contribution in [0.25, 0.3) is 0 Å². The predicted molar refractivity (Wildman–Crippen MR) is 102 cm³/mol. The van der Waals surface area contributed by atoms with Crippen LogP contribution in [0.1, 0.15) is 11.4 Å². The largest absolute Gasteiger partial charge is 0.378 e. The second-order valence-electron chi connectivity index (χ2n) is 5.96. The fraction of sp³-hybridized carbons (Fsp3) is 0.211. The van der Waals surface area contributed by atoms with Gasteiger partial charge in [-0.15, -0.1) is 0 Å². The molecule has 0 unspecified atom stereocenters. The molecular formula is C19H22N6. The number of benzene rings is 1. The lowest BCUT2D eigenvalue weighted by atomic mass is 10.2. The molecule has 2 heterocycles. The highest BCUT2D eigenvalue weighted by atomic mass is 15.1. The van der Waals surface area contributed by atoms with Crippen LogP contribution in [-0.2, 0) is 6.54 Å². The summed E-state index contributed by atoms with van der Waals surface area (Å²) in [6, 6.07) is 14.1. The van der Waals surface area contributed by atoms with Crippen molar-refractivity contribution in [3.8, 4) is 0 Å². The van der Waals surface area contributed by atoms with Crippen molar-refractivity contribution in [2.45, 2.75) is 13.5 Å². The summed E-state index contributed by atoms with van der Waals surface area (Å²) in [7, 11) is 4.05. The number of rotatable bonds is 6. The minimum atomic E-state index is 0.690. The number of hydrogen-bond acceptors (Lipinski definition) is 6. The summed E-state index contributed by atoms with van der Waals surface area (Å²) < 4.78 is 0. The van der Waals surface area contributed by atoms with Gasteiger partial charge < -0.3 is 15.5 Å². The Morgan fingerprint density at radius 3 is 2.28 bits per heavy atom. The normalized spacial score (nSPS) is 10.4. The molecule has 3 aromatic rings. The summed E-state index contributed by atoms with van der Waals surface area (Å²) in [5.41, 5.74) is 3.30.